The molecule has 164 valence electrons. The van der Waals surface area contributed by atoms with Crippen molar-refractivity contribution >= 4 is 22.6 Å². The van der Waals surface area contributed by atoms with Gasteiger partial charge >= 0.3 is 0 Å². The molecule has 0 N–H and O–H groups in total. The normalized spacial score (nSPS) is 29.4. The number of rotatable bonds is 1. The van der Waals surface area contributed by atoms with Gasteiger partial charge in [-0.1, -0.05) is 39.0 Å². The fourth-order valence-electron chi connectivity index (χ4n) is 6.91. The molecule has 1 aliphatic heterocycles. The lowest BCUT2D eigenvalue weighted by molar-refractivity contribution is -0.128. The standard InChI is InChI=1S/C28H31N3O/c1-16-13-20-21(14-17(16)2)30-24-23(29-20)27(6)11-12-28(24,26(27,4)5)25(32)31-18(3)15-19-9-7-8-10-22(19)31/h7-10,13-14,18H,11-12,15H2,1-6H3. The van der Waals surface area contributed by atoms with Gasteiger partial charge in [-0.2, -0.15) is 0 Å². The van der Waals surface area contributed by atoms with Crippen LogP contribution < -0.4 is 4.90 Å². The summed E-state index contributed by atoms with van der Waals surface area (Å²) in [6.07, 6.45) is 2.71. The quantitative estimate of drug-likeness (QED) is 0.513. The van der Waals surface area contributed by atoms with Crippen LogP contribution in [0.3, 0.4) is 0 Å². The molecule has 2 heterocycles. The van der Waals surface area contributed by atoms with E-state index in [9.17, 15) is 4.79 Å². The zero-order chi connectivity index (χ0) is 22.6. The van der Waals surface area contributed by atoms with Gasteiger partial charge in [0.15, 0.2) is 0 Å². The van der Waals surface area contributed by atoms with E-state index in [1.807, 2.05) is 6.07 Å². The molecule has 32 heavy (non-hydrogen) atoms. The summed E-state index contributed by atoms with van der Waals surface area (Å²) >= 11 is 0. The summed E-state index contributed by atoms with van der Waals surface area (Å²) in [5, 5.41) is 0. The Bertz CT molecular complexity index is 1330. The topological polar surface area (TPSA) is 46.1 Å². The van der Waals surface area contributed by atoms with Crippen molar-refractivity contribution in [1.29, 1.82) is 0 Å². The van der Waals surface area contributed by atoms with Gasteiger partial charge in [-0.15, -0.1) is 0 Å². The van der Waals surface area contributed by atoms with Gasteiger partial charge in [0, 0.05) is 17.1 Å². The molecule has 4 nitrogen and oxygen atoms in total. The molecule has 4 heteroatoms. The minimum Gasteiger partial charge on any atom is -0.308 e. The molecule has 3 unspecified atom stereocenters. The van der Waals surface area contributed by atoms with Crippen LogP contribution in [-0.2, 0) is 22.0 Å². The van der Waals surface area contributed by atoms with Crippen molar-refractivity contribution in [1.82, 2.24) is 9.97 Å². The van der Waals surface area contributed by atoms with Crippen LogP contribution in [0, 0.1) is 19.3 Å². The Labute approximate surface area is 190 Å². The lowest BCUT2D eigenvalue weighted by atomic mass is 9.63. The third-order valence-corrected chi connectivity index (χ3v) is 9.44. The summed E-state index contributed by atoms with van der Waals surface area (Å²) in [5.74, 6) is 0.208. The third kappa shape index (κ3) is 2.07. The fourth-order valence-corrected chi connectivity index (χ4v) is 6.91. The molecular formula is C28H31N3O. The molecule has 2 aromatic carbocycles. The molecule has 0 radical (unpaired) electrons. The number of hydrogen-bond acceptors (Lipinski definition) is 3. The Kier molecular flexibility index (Phi) is 3.72. The Balaban J connectivity index is 1.61. The van der Waals surface area contributed by atoms with E-state index in [1.54, 1.807) is 0 Å². The number of amides is 1. The van der Waals surface area contributed by atoms with Crippen molar-refractivity contribution in [2.45, 2.75) is 77.7 Å². The average Bonchev–Trinajstić information content (AvgIpc) is 3.24. The molecule has 0 spiro atoms. The maximum absolute atomic E-state index is 14.6. The van der Waals surface area contributed by atoms with Crippen LogP contribution in [0.5, 0.6) is 0 Å². The van der Waals surface area contributed by atoms with Gasteiger partial charge in [0.1, 0.15) is 0 Å². The Morgan fingerprint density at radius 2 is 1.59 bits per heavy atom. The van der Waals surface area contributed by atoms with E-state index >= 15 is 0 Å². The number of carbonyl (C=O) groups excluding carboxylic acids is 1. The zero-order valence-electron chi connectivity index (χ0n) is 19.9. The predicted octanol–water partition coefficient (Wildman–Crippen LogP) is 5.55. The minimum atomic E-state index is -0.650. The van der Waals surface area contributed by atoms with E-state index in [1.165, 1.54) is 16.7 Å². The lowest BCUT2D eigenvalue weighted by Gasteiger charge is -2.42. The highest BCUT2D eigenvalue weighted by molar-refractivity contribution is 6.05. The number of aromatic nitrogens is 2. The number of para-hydroxylation sites is 1. The molecule has 1 fully saturated rings. The van der Waals surface area contributed by atoms with E-state index in [-0.39, 0.29) is 22.8 Å². The van der Waals surface area contributed by atoms with E-state index in [2.05, 4.69) is 76.8 Å². The molecule has 1 amide bonds. The lowest BCUT2D eigenvalue weighted by Crippen LogP contribution is -2.54. The van der Waals surface area contributed by atoms with Crippen molar-refractivity contribution in [3.05, 3.63) is 64.5 Å². The number of aryl methyl sites for hydroxylation is 2. The number of benzene rings is 2. The molecule has 1 aromatic heterocycles. The molecule has 3 aromatic rings. The summed E-state index contributed by atoms with van der Waals surface area (Å²) in [4.78, 5) is 27.1. The van der Waals surface area contributed by atoms with E-state index in [0.717, 1.165) is 47.4 Å². The van der Waals surface area contributed by atoms with Crippen LogP contribution in [0.15, 0.2) is 36.4 Å². The van der Waals surface area contributed by atoms with Gasteiger partial charge in [-0.25, -0.2) is 9.97 Å². The second-order valence-corrected chi connectivity index (χ2v) is 11.1. The first-order chi connectivity index (χ1) is 15.1. The summed E-state index contributed by atoms with van der Waals surface area (Å²) in [6, 6.07) is 12.8. The van der Waals surface area contributed by atoms with E-state index < -0.39 is 5.41 Å². The summed E-state index contributed by atoms with van der Waals surface area (Å²) < 4.78 is 0. The Hall–Kier alpha value is -2.75. The maximum atomic E-state index is 14.6. The second-order valence-electron chi connectivity index (χ2n) is 11.1. The number of nitrogens with zero attached hydrogens (tertiary/aromatic N) is 3. The maximum Gasteiger partial charge on any atom is 0.240 e. The van der Waals surface area contributed by atoms with Crippen LogP contribution in [0.25, 0.3) is 11.0 Å². The van der Waals surface area contributed by atoms with Crippen molar-refractivity contribution in [3.63, 3.8) is 0 Å². The van der Waals surface area contributed by atoms with Crippen LogP contribution in [0.2, 0.25) is 0 Å². The highest BCUT2D eigenvalue weighted by Gasteiger charge is 2.74. The molecule has 3 aliphatic rings. The van der Waals surface area contributed by atoms with Crippen LogP contribution >= 0.6 is 0 Å². The van der Waals surface area contributed by atoms with Crippen LogP contribution in [-0.4, -0.2) is 21.9 Å². The smallest absolute Gasteiger partial charge is 0.240 e. The zero-order valence-corrected chi connectivity index (χ0v) is 19.9. The number of fused-ring (bicyclic) bond motifs is 7. The summed E-state index contributed by atoms with van der Waals surface area (Å²) in [7, 11) is 0. The summed E-state index contributed by atoms with van der Waals surface area (Å²) in [5.41, 5.74) is 7.50. The van der Waals surface area contributed by atoms with E-state index in [0.29, 0.717) is 0 Å². The summed E-state index contributed by atoms with van der Waals surface area (Å²) in [6.45, 7) is 13.3. The first-order valence-corrected chi connectivity index (χ1v) is 11.8. The highest BCUT2D eigenvalue weighted by atomic mass is 16.2. The molecule has 3 atom stereocenters. The van der Waals surface area contributed by atoms with Gasteiger partial charge in [-0.05, 0) is 80.3 Å². The molecule has 6 rings (SSSR count). The van der Waals surface area contributed by atoms with Gasteiger partial charge in [0.25, 0.3) is 0 Å². The van der Waals surface area contributed by atoms with Gasteiger partial charge < -0.3 is 4.90 Å². The minimum absolute atomic E-state index is 0.152. The van der Waals surface area contributed by atoms with Gasteiger partial charge in [0.05, 0.1) is 27.8 Å². The molecule has 0 saturated heterocycles. The van der Waals surface area contributed by atoms with Gasteiger partial charge in [0.2, 0.25) is 5.91 Å². The first kappa shape index (κ1) is 19.9. The van der Waals surface area contributed by atoms with Crippen molar-refractivity contribution in [2.24, 2.45) is 5.41 Å². The van der Waals surface area contributed by atoms with Crippen LogP contribution in [0.4, 0.5) is 5.69 Å². The predicted molar refractivity (Wildman–Crippen MR) is 128 cm³/mol. The number of carbonyl (C=O) groups is 1. The van der Waals surface area contributed by atoms with Crippen molar-refractivity contribution < 1.29 is 4.79 Å². The van der Waals surface area contributed by atoms with Gasteiger partial charge in [-0.3, -0.25) is 4.79 Å². The molecular weight excluding hydrogens is 394 g/mol. The third-order valence-electron chi connectivity index (χ3n) is 9.44. The second kappa shape index (κ2) is 5.98. The fraction of sp³-hybridized carbons (Fsp3) is 0.464. The Morgan fingerprint density at radius 1 is 0.969 bits per heavy atom. The monoisotopic (exact) mass is 425 g/mol. The number of hydrogen-bond donors (Lipinski definition) is 0. The van der Waals surface area contributed by atoms with Crippen LogP contribution in [0.1, 0.15) is 68.6 Å². The molecule has 2 aliphatic carbocycles. The largest absolute Gasteiger partial charge is 0.308 e. The van der Waals surface area contributed by atoms with E-state index in [4.69, 9.17) is 9.97 Å². The average molecular weight is 426 g/mol. The highest BCUT2D eigenvalue weighted by Crippen LogP contribution is 2.70. The first-order valence-electron chi connectivity index (χ1n) is 11.8. The number of anilines is 1. The van der Waals surface area contributed by atoms with Crippen molar-refractivity contribution in [2.75, 3.05) is 4.90 Å². The molecule has 2 bridgehead atoms. The Morgan fingerprint density at radius 3 is 2.28 bits per heavy atom. The SMILES string of the molecule is Cc1cc2nc3c(nc2cc1C)C1(C(=O)N2c4ccccc4CC2C)CCC3(C)C1(C)C. The molecule has 1 saturated carbocycles. The van der Waals surface area contributed by atoms with Crippen molar-refractivity contribution in [3.8, 4) is 0 Å².